The molecule has 1 saturated heterocycles. The summed E-state index contributed by atoms with van der Waals surface area (Å²) >= 11 is 0. The largest absolute Gasteiger partial charge is 0.330 e. The number of piperidine rings is 1. The highest BCUT2D eigenvalue weighted by Crippen LogP contribution is 2.21. The summed E-state index contributed by atoms with van der Waals surface area (Å²) in [6, 6.07) is 0.565. The van der Waals surface area contributed by atoms with Crippen LogP contribution in [0.2, 0.25) is 0 Å². The minimum Gasteiger partial charge on any atom is -0.330 e. The van der Waals surface area contributed by atoms with Crippen molar-refractivity contribution < 1.29 is 0 Å². The van der Waals surface area contributed by atoms with Gasteiger partial charge in [0, 0.05) is 25.0 Å². The normalized spacial score (nSPS) is 24.0. The van der Waals surface area contributed by atoms with E-state index in [2.05, 4.69) is 21.5 Å². The molecule has 2 heterocycles. The third-order valence-corrected chi connectivity index (χ3v) is 2.92. The molecule has 2 rings (SSSR count). The van der Waals surface area contributed by atoms with Gasteiger partial charge >= 0.3 is 0 Å². The van der Waals surface area contributed by atoms with E-state index >= 15 is 0 Å². The minimum absolute atomic E-state index is 0.535. The lowest BCUT2D eigenvalue weighted by molar-refractivity contribution is 0.209. The summed E-state index contributed by atoms with van der Waals surface area (Å²) in [5, 5.41) is 0. The molecule has 1 fully saturated rings. The topological polar surface area (TPSA) is 47.1 Å². The molecule has 0 bridgehead atoms. The molecule has 78 valence electrons. The summed E-state index contributed by atoms with van der Waals surface area (Å²) in [5.74, 6) is 1.00. The molecule has 0 radical (unpaired) electrons. The third-order valence-electron chi connectivity index (χ3n) is 2.92. The third kappa shape index (κ3) is 1.81. The molecule has 0 aromatic carbocycles. The standard InChI is InChI=1S/C10H18N4/c1-13-5-2-3-9(8-13)14-6-4-12-10(14)7-11/h4,6,9H,2-3,5,7-8,11H2,1H3. The summed E-state index contributed by atoms with van der Waals surface area (Å²) in [6.07, 6.45) is 6.40. The molecule has 1 aliphatic heterocycles. The molecule has 0 saturated carbocycles. The van der Waals surface area contributed by atoms with Gasteiger partial charge in [0.15, 0.2) is 0 Å². The first-order chi connectivity index (χ1) is 6.81. The fraction of sp³-hybridized carbons (Fsp3) is 0.700. The van der Waals surface area contributed by atoms with E-state index in [1.807, 2.05) is 12.4 Å². The lowest BCUT2D eigenvalue weighted by atomic mass is 10.1. The number of nitrogens with zero attached hydrogens (tertiary/aromatic N) is 3. The van der Waals surface area contributed by atoms with Gasteiger partial charge in [-0.2, -0.15) is 0 Å². The van der Waals surface area contributed by atoms with Gasteiger partial charge in [0.25, 0.3) is 0 Å². The zero-order chi connectivity index (χ0) is 9.97. The molecule has 4 heteroatoms. The highest BCUT2D eigenvalue weighted by molar-refractivity contribution is 4.96. The lowest BCUT2D eigenvalue weighted by Crippen LogP contribution is -2.34. The molecular weight excluding hydrogens is 176 g/mol. The van der Waals surface area contributed by atoms with E-state index in [9.17, 15) is 0 Å². The van der Waals surface area contributed by atoms with Crippen LogP contribution in [0.15, 0.2) is 12.4 Å². The Balaban J connectivity index is 2.13. The van der Waals surface area contributed by atoms with Crippen molar-refractivity contribution in [1.29, 1.82) is 0 Å². The second-order valence-electron chi connectivity index (χ2n) is 4.01. The van der Waals surface area contributed by atoms with Gasteiger partial charge in [-0.15, -0.1) is 0 Å². The van der Waals surface area contributed by atoms with Crippen LogP contribution in [0.1, 0.15) is 24.7 Å². The van der Waals surface area contributed by atoms with E-state index in [-0.39, 0.29) is 0 Å². The van der Waals surface area contributed by atoms with Crippen molar-refractivity contribution in [2.45, 2.75) is 25.4 Å². The van der Waals surface area contributed by atoms with E-state index in [1.54, 1.807) is 0 Å². The molecular formula is C10H18N4. The van der Waals surface area contributed by atoms with Crippen LogP contribution >= 0.6 is 0 Å². The molecule has 14 heavy (non-hydrogen) atoms. The Labute approximate surface area is 84.7 Å². The molecule has 4 nitrogen and oxygen atoms in total. The Kier molecular flexibility index (Phi) is 2.84. The van der Waals surface area contributed by atoms with Crippen molar-refractivity contribution in [3.05, 3.63) is 18.2 Å². The van der Waals surface area contributed by atoms with E-state index in [0.717, 1.165) is 12.4 Å². The van der Waals surface area contributed by atoms with Crippen molar-refractivity contribution in [2.24, 2.45) is 5.73 Å². The predicted molar refractivity (Wildman–Crippen MR) is 55.9 cm³/mol. The fourth-order valence-electron chi connectivity index (χ4n) is 2.20. The van der Waals surface area contributed by atoms with Crippen LogP contribution in [0.3, 0.4) is 0 Å². The van der Waals surface area contributed by atoms with Gasteiger partial charge in [0.05, 0.1) is 6.54 Å². The predicted octanol–water partition coefficient (Wildman–Crippen LogP) is 0.609. The SMILES string of the molecule is CN1CCCC(n2ccnc2CN)C1. The molecule has 1 aromatic rings. The van der Waals surface area contributed by atoms with Crippen LogP contribution in [-0.4, -0.2) is 34.6 Å². The highest BCUT2D eigenvalue weighted by atomic mass is 15.2. The molecule has 1 aromatic heterocycles. The molecule has 1 atom stereocenters. The second kappa shape index (κ2) is 4.11. The number of nitrogens with two attached hydrogens (primary N) is 1. The van der Waals surface area contributed by atoms with Gasteiger partial charge < -0.3 is 15.2 Å². The van der Waals surface area contributed by atoms with E-state index in [4.69, 9.17) is 5.73 Å². The molecule has 0 aliphatic carbocycles. The summed E-state index contributed by atoms with van der Waals surface area (Å²) in [6.45, 7) is 2.86. The highest BCUT2D eigenvalue weighted by Gasteiger charge is 2.19. The Hall–Kier alpha value is -0.870. The summed E-state index contributed by atoms with van der Waals surface area (Å²) < 4.78 is 2.23. The molecule has 0 amide bonds. The average Bonchev–Trinajstić information content (AvgIpc) is 2.65. The zero-order valence-electron chi connectivity index (χ0n) is 8.69. The van der Waals surface area contributed by atoms with Crippen LogP contribution in [0.25, 0.3) is 0 Å². The maximum atomic E-state index is 5.64. The van der Waals surface area contributed by atoms with Gasteiger partial charge in [-0.05, 0) is 26.4 Å². The minimum atomic E-state index is 0.535. The maximum absolute atomic E-state index is 5.64. The smallest absolute Gasteiger partial charge is 0.122 e. The number of likely N-dealkylation sites (tertiary alicyclic amines) is 1. The van der Waals surface area contributed by atoms with Gasteiger partial charge in [-0.3, -0.25) is 0 Å². The number of rotatable bonds is 2. The van der Waals surface area contributed by atoms with Crippen molar-refractivity contribution in [3.8, 4) is 0 Å². The number of imidazole rings is 1. The number of aromatic nitrogens is 2. The first kappa shape index (κ1) is 9.68. The Morgan fingerprint density at radius 2 is 2.50 bits per heavy atom. The van der Waals surface area contributed by atoms with Crippen LogP contribution < -0.4 is 5.73 Å². The van der Waals surface area contributed by atoms with Crippen molar-refractivity contribution >= 4 is 0 Å². The first-order valence-electron chi connectivity index (χ1n) is 5.21. The first-order valence-corrected chi connectivity index (χ1v) is 5.21. The fourth-order valence-corrected chi connectivity index (χ4v) is 2.20. The Morgan fingerprint density at radius 1 is 1.64 bits per heavy atom. The van der Waals surface area contributed by atoms with Gasteiger partial charge in [0.2, 0.25) is 0 Å². The van der Waals surface area contributed by atoms with E-state index < -0.39 is 0 Å². The van der Waals surface area contributed by atoms with Crippen LogP contribution in [0, 0.1) is 0 Å². The quantitative estimate of drug-likeness (QED) is 0.750. The van der Waals surface area contributed by atoms with Crippen LogP contribution in [-0.2, 0) is 6.54 Å². The van der Waals surface area contributed by atoms with Gasteiger partial charge in [0.1, 0.15) is 5.82 Å². The molecule has 2 N–H and O–H groups in total. The Morgan fingerprint density at radius 3 is 3.21 bits per heavy atom. The van der Waals surface area contributed by atoms with Gasteiger partial charge in [-0.25, -0.2) is 4.98 Å². The summed E-state index contributed by atoms with van der Waals surface area (Å²) in [5.41, 5.74) is 5.64. The van der Waals surface area contributed by atoms with Crippen molar-refractivity contribution in [1.82, 2.24) is 14.5 Å². The molecule has 1 unspecified atom stereocenters. The molecule has 1 aliphatic rings. The van der Waals surface area contributed by atoms with Crippen LogP contribution in [0.4, 0.5) is 0 Å². The zero-order valence-corrected chi connectivity index (χ0v) is 8.69. The maximum Gasteiger partial charge on any atom is 0.122 e. The average molecular weight is 194 g/mol. The number of hydrogen-bond acceptors (Lipinski definition) is 3. The summed E-state index contributed by atoms with van der Waals surface area (Å²) in [4.78, 5) is 6.62. The van der Waals surface area contributed by atoms with Gasteiger partial charge in [-0.1, -0.05) is 0 Å². The van der Waals surface area contributed by atoms with Crippen molar-refractivity contribution in [2.75, 3.05) is 20.1 Å². The number of hydrogen-bond donors (Lipinski definition) is 1. The van der Waals surface area contributed by atoms with Crippen LogP contribution in [0.5, 0.6) is 0 Å². The van der Waals surface area contributed by atoms with Crippen molar-refractivity contribution in [3.63, 3.8) is 0 Å². The second-order valence-corrected chi connectivity index (χ2v) is 4.01. The van der Waals surface area contributed by atoms with E-state index in [1.165, 1.54) is 19.4 Å². The molecule has 0 spiro atoms. The monoisotopic (exact) mass is 194 g/mol. The Bertz CT molecular complexity index is 294. The van der Waals surface area contributed by atoms with E-state index in [0.29, 0.717) is 12.6 Å². The number of likely N-dealkylation sites (N-methyl/N-ethyl adjacent to an activating group) is 1. The lowest BCUT2D eigenvalue weighted by Gasteiger charge is -2.31. The summed E-state index contributed by atoms with van der Waals surface area (Å²) in [7, 11) is 2.17.